The SMILES string of the molecule is CC.CC.CC(C)(C#N)CNC1CCNCC1. The summed E-state index contributed by atoms with van der Waals surface area (Å²) in [5.41, 5.74) is -0.231. The van der Waals surface area contributed by atoms with E-state index in [2.05, 4.69) is 16.7 Å². The van der Waals surface area contributed by atoms with Gasteiger partial charge in [-0.2, -0.15) is 5.26 Å². The summed E-state index contributed by atoms with van der Waals surface area (Å²) in [6.07, 6.45) is 2.36. The molecule has 1 aliphatic rings. The zero-order valence-electron chi connectivity index (χ0n) is 12.6. The summed E-state index contributed by atoms with van der Waals surface area (Å²) in [4.78, 5) is 0. The fourth-order valence-electron chi connectivity index (χ4n) is 1.47. The van der Waals surface area contributed by atoms with Crippen molar-refractivity contribution in [3.8, 4) is 6.07 Å². The summed E-state index contributed by atoms with van der Waals surface area (Å²) in [6.45, 7) is 15.0. The second-order valence-electron chi connectivity index (χ2n) is 4.40. The monoisotopic (exact) mass is 241 g/mol. The van der Waals surface area contributed by atoms with E-state index in [0.717, 1.165) is 19.6 Å². The number of nitrogens with zero attached hydrogens (tertiary/aromatic N) is 1. The molecule has 0 amide bonds. The first-order valence-electron chi connectivity index (χ1n) is 6.99. The smallest absolute Gasteiger partial charge is 0.0697 e. The Labute approximate surface area is 108 Å². The molecular formula is C14H31N3. The van der Waals surface area contributed by atoms with E-state index in [-0.39, 0.29) is 5.41 Å². The van der Waals surface area contributed by atoms with E-state index in [1.807, 2.05) is 41.5 Å². The summed E-state index contributed by atoms with van der Waals surface area (Å²) in [7, 11) is 0. The number of piperidine rings is 1. The number of rotatable bonds is 3. The highest BCUT2D eigenvalue weighted by Gasteiger charge is 2.19. The third-order valence-electron chi connectivity index (χ3n) is 2.47. The molecule has 1 heterocycles. The molecule has 0 saturated carbocycles. The minimum Gasteiger partial charge on any atom is -0.317 e. The lowest BCUT2D eigenvalue weighted by atomic mass is 9.95. The van der Waals surface area contributed by atoms with Crippen molar-refractivity contribution in [2.24, 2.45) is 5.41 Å². The van der Waals surface area contributed by atoms with Gasteiger partial charge in [-0.1, -0.05) is 27.7 Å². The lowest BCUT2D eigenvalue weighted by Gasteiger charge is -2.26. The predicted molar refractivity (Wildman–Crippen MR) is 76.0 cm³/mol. The van der Waals surface area contributed by atoms with Crippen molar-refractivity contribution < 1.29 is 0 Å². The second-order valence-corrected chi connectivity index (χ2v) is 4.40. The van der Waals surface area contributed by atoms with Crippen LogP contribution in [-0.2, 0) is 0 Å². The van der Waals surface area contributed by atoms with E-state index in [1.54, 1.807) is 0 Å². The molecule has 1 aliphatic heterocycles. The normalized spacial score (nSPS) is 15.8. The van der Waals surface area contributed by atoms with Crippen LogP contribution in [0.15, 0.2) is 0 Å². The van der Waals surface area contributed by atoms with Gasteiger partial charge in [0.05, 0.1) is 11.5 Å². The molecule has 1 fully saturated rings. The third kappa shape index (κ3) is 10.3. The molecule has 0 unspecified atom stereocenters. The van der Waals surface area contributed by atoms with Gasteiger partial charge in [0.25, 0.3) is 0 Å². The van der Waals surface area contributed by atoms with Gasteiger partial charge in [0.1, 0.15) is 0 Å². The Kier molecular flexibility index (Phi) is 13.1. The summed E-state index contributed by atoms with van der Waals surface area (Å²) >= 11 is 0. The molecule has 1 saturated heterocycles. The first-order chi connectivity index (χ1) is 8.14. The predicted octanol–water partition coefficient (Wildman–Crippen LogP) is 2.93. The maximum Gasteiger partial charge on any atom is 0.0697 e. The maximum absolute atomic E-state index is 8.82. The summed E-state index contributed by atoms with van der Waals surface area (Å²) in [5.74, 6) is 0. The Hall–Kier alpha value is -0.590. The number of hydrogen-bond acceptors (Lipinski definition) is 3. The minimum atomic E-state index is -0.231. The van der Waals surface area contributed by atoms with E-state index < -0.39 is 0 Å². The highest BCUT2D eigenvalue weighted by molar-refractivity contribution is 4.94. The average Bonchev–Trinajstić information content (AvgIpc) is 2.42. The van der Waals surface area contributed by atoms with Gasteiger partial charge in [-0.15, -0.1) is 0 Å². The van der Waals surface area contributed by atoms with Crippen LogP contribution in [0.1, 0.15) is 54.4 Å². The van der Waals surface area contributed by atoms with Crippen molar-refractivity contribution in [3.63, 3.8) is 0 Å². The second kappa shape index (κ2) is 11.9. The van der Waals surface area contributed by atoms with Crippen LogP contribution in [-0.4, -0.2) is 25.7 Å². The molecule has 17 heavy (non-hydrogen) atoms. The van der Waals surface area contributed by atoms with Gasteiger partial charge in [-0.25, -0.2) is 0 Å². The topological polar surface area (TPSA) is 47.9 Å². The van der Waals surface area contributed by atoms with E-state index in [9.17, 15) is 0 Å². The van der Waals surface area contributed by atoms with Crippen molar-refractivity contribution in [2.45, 2.75) is 60.4 Å². The lowest BCUT2D eigenvalue weighted by Crippen LogP contribution is -2.43. The Morgan fingerprint density at radius 3 is 2.06 bits per heavy atom. The lowest BCUT2D eigenvalue weighted by molar-refractivity contribution is 0.342. The van der Waals surface area contributed by atoms with Crippen molar-refractivity contribution in [2.75, 3.05) is 19.6 Å². The molecule has 0 atom stereocenters. The van der Waals surface area contributed by atoms with Gasteiger partial charge >= 0.3 is 0 Å². The molecule has 0 aromatic heterocycles. The first-order valence-corrected chi connectivity index (χ1v) is 6.99. The number of nitrogens with one attached hydrogen (secondary N) is 2. The fraction of sp³-hybridized carbons (Fsp3) is 0.929. The molecule has 0 spiro atoms. The van der Waals surface area contributed by atoms with E-state index in [1.165, 1.54) is 12.8 Å². The molecule has 0 aliphatic carbocycles. The number of hydrogen-bond donors (Lipinski definition) is 2. The van der Waals surface area contributed by atoms with Crippen molar-refractivity contribution in [3.05, 3.63) is 0 Å². The Balaban J connectivity index is 0. The van der Waals surface area contributed by atoms with Crippen LogP contribution in [0, 0.1) is 16.7 Å². The van der Waals surface area contributed by atoms with Gasteiger partial charge in [-0.3, -0.25) is 0 Å². The maximum atomic E-state index is 8.82. The minimum absolute atomic E-state index is 0.231. The third-order valence-corrected chi connectivity index (χ3v) is 2.47. The molecule has 102 valence electrons. The quantitative estimate of drug-likeness (QED) is 0.798. The van der Waals surface area contributed by atoms with Crippen LogP contribution in [0.2, 0.25) is 0 Å². The zero-order chi connectivity index (χ0) is 13.7. The summed E-state index contributed by atoms with van der Waals surface area (Å²) < 4.78 is 0. The molecular weight excluding hydrogens is 210 g/mol. The van der Waals surface area contributed by atoms with Gasteiger partial charge in [0, 0.05) is 12.6 Å². The van der Waals surface area contributed by atoms with Gasteiger partial charge in [0.15, 0.2) is 0 Å². The molecule has 3 nitrogen and oxygen atoms in total. The highest BCUT2D eigenvalue weighted by atomic mass is 15.0. The van der Waals surface area contributed by atoms with Crippen molar-refractivity contribution >= 4 is 0 Å². The molecule has 3 heteroatoms. The standard InChI is InChI=1S/C10H19N3.2C2H6/c1-10(2,7-11)8-13-9-3-5-12-6-4-9;2*1-2/h9,12-13H,3-6,8H2,1-2H3;2*1-2H3. The Morgan fingerprint density at radius 2 is 1.65 bits per heavy atom. The highest BCUT2D eigenvalue weighted by Crippen LogP contribution is 2.12. The summed E-state index contributed by atoms with van der Waals surface area (Å²) in [5, 5.41) is 15.6. The van der Waals surface area contributed by atoms with Crippen LogP contribution >= 0.6 is 0 Å². The van der Waals surface area contributed by atoms with Crippen LogP contribution in [0.5, 0.6) is 0 Å². The Bertz CT molecular complexity index is 188. The average molecular weight is 241 g/mol. The number of nitriles is 1. The van der Waals surface area contributed by atoms with Gasteiger partial charge in [-0.05, 0) is 39.8 Å². The zero-order valence-corrected chi connectivity index (χ0v) is 12.6. The van der Waals surface area contributed by atoms with Crippen molar-refractivity contribution in [1.82, 2.24) is 10.6 Å². The van der Waals surface area contributed by atoms with Crippen LogP contribution in [0.4, 0.5) is 0 Å². The van der Waals surface area contributed by atoms with E-state index in [0.29, 0.717) is 6.04 Å². The molecule has 1 rings (SSSR count). The van der Waals surface area contributed by atoms with E-state index >= 15 is 0 Å². The molecule has 2 N–H and O–H groups in total. The largest absolute Gasteiger partial charge is 0.317 e. The molecule has 0 radical (unpaired) electrons. The van der Waals surface area contributed by atoms with Gasteiger partial charge < -0.3 is 10.6 Å². The van der Waals surface area contributed by atoms with Crippen molar-refractivity contribution in [1.29, 1.82) is 5.26 Å². The Morgan fingerprint density at radius 1 is 1.18 bits per heavy atom. The van der Waals surface area contributed by atoms with Gasteiger partial charge in [0.2, 0.25) is 0 Å². The van der Waals surface area contributed by atoms with E-state index in [4.69, 9.17) is 5.26 Å². The molecule has 0 aromatic carbocycles. The first kappa shape index (κ1) is 18.8. The fourth-order valence-corrected chi connectivity index (χ4v) is 1.47. The van der Waals surface area contributed by atoms with Crippen LogP contribution < -0.4 is 10.6 Å². The molecule has 0 aromatic rings. The molecule has 0 bridgehead atoms. The van der Waals surface area contributed by atoms with Crippen LogP contribution in [0.3, 0.4) is 0 Å². The summed E-state index contributed by atoms with van der Waals surface area (Å²) in [6, 6.07) is 2.91. The van der Waals surface area contributed by atoms with Crippen LogP contribution in [0.25, 0.3) is 0 Å².